The Hall–Kier alpha value is -2.34. The van der Waals surface area contributed by atoms with Crippen molar-refractivity contribution >= 4 is 28.3 Å². The molecule has 4 rings (SSSR count). The number of aromatic nitrogens is 1. The van der Waals surface area contributed by atoms with Gasteiger partial charge in [0.2, 0.25) is 0 Å². The Morgan fingerprint density at radius 3 is 2.72 bits per heavy atom. The summed E-state index contributed by atoms with van der Waals surface area (Å²) in [6, 6.07) is 9.24. The maximum absolute atomic E-state index is 13.4. The number of halogens is 1. The van der Waals surface area contributed by atoms with E-state index >= 15 is 0 Å². The lowest BCUT2D eigenvalue weighted by Gasteiger charge is -2.32. The standard InChI is InChI=1S/C23H24ClNO4/c1-12-8-16-19(10-18(12)24)25-22-20(16)21(28)15-5-4-14(9-17(15)23(22,2)3)29-11-13(27)6-7-26/h4-5,8-10,13,25-27H,6-7,11H2,1-3H3. The van der Waals surface area contributed by atoms with Crippen LogP contribution >= 0.6 is 11.6 Å². The zero-order valence-corrected chi connectivity index (χ0v) is 17.4. The third-order valence-corrected chi connectivity index (χ3v) is 6.15. The van der Waals surface area contributed by atoms with Crippen molar-refractivity contribution < 1.29 is 19.7 Å². The fraction of sp³-hybridized carbons (Fsp3) is 0.348. The first-order chi connectivity index (χ1) is 13.7. The highest BCUT2D eigenvalue weighted by atomic mass is 35.5. The Morgan fingerprint density at radius 1 is 1.24 bits per heavy atom. The minimum atomic E-state index is -0.737. The highest BCUT2D eigenvalue weighted by molar-refractivity contribution is 6.32. The van der Waals surface area contributed by atoms with Crippen LogP contribution < -0.4 is 4.74 Å². The lowest BCUT2D eigenvalue weighted by atomic mass is 9.71. The minimum absolute atomic E-state index is 0.0193. The molecule has 1 aromatic heterocycles. The van der Waals surface area contributed by atoms with E-state index < -0.39 is 11.5 Å². The van der Waals surface area contributed by atoms with Gasteiger partial charge in [-0.2, -0.15) is 0 Å². The molecule has 3 aromatic rings. The fourth-order valence-electron chi connectivity index (χ4n) is 4.05. The number of ketones is 1. The van der Waals surface area contributed by atoms with Crippen LogP contribution in [-0.2, 0) is 5.41 Å². The van der Waals surface area contributed by atoms with E-state index in [1.54, 1.807) is 12.1 Å². The number of nitrogens with one attached hydrogen (secondary N) is 1. The molecular weight excluding hydrogens is 390 g/mol. The largest absolute Gasteiger partial charge is 0.491 e. The molecule has 6 heteroatoms. The van der Waals surface area contributed by atoms with E-state index in [0.717, 1.165) is 27.7 Å². The predicted molar refractivity (Wildman–Crippen MR) is 113 cm³/mol. The van der Waals surface area contributed by atoms with Crippen molar-refractivity contribution in [1.29, 1.82) is 0 Å². The van der Waals surface area contributed by atoms with Gasteiger partial charge < -0.3 is 19.9 Å². The van der Waals surface area contributed by atoms with Gasteiger partial charge in [0.1, 0.15) is 12.4 Å². The lowest BCUT2D eigenvalue weighted by molar-refractivity contribution is 0.0820. The molecule has 0 spiro atoms. The van der Waals surface area contributed by atoms with Crippen molar-refractivity contribution in [2.45, 2.75) is 38.7 Å². The molecule has 0 bridgehead atoms. The number of carbonyl (C=O) groups excluding carboxylic acids is 1. The van der Waals surface area contributed by atoms with Crippen molar-refractivity contribution in [3.8, 4) is 5.75 Å². The van der Waals surface area contributed by atoms with E-state index in [9.17, 15) is 9.90 Å². The smallest absolute Gasteiger partial charge is 0.195 e. The van der Waals surface area contributed by atoms with Crippen molar-refractivity contribution in [2.75, 3.05) is 13.2 Å². The number of benzene rings is 2. The van der Waals surface area contributed by atoms with Crippen molar-refractivity contribution in [1.82, 2.24) is 4.98 Å². The Kier molecular flexibility index (Phi) is 4.93. The number of aryl methyl sites for hydroxylation is 1. The summed E-state index contributed by atoms with van der Waals surface area (Å²) in [5.74, 6) is 0.564. The average molecular weight is 414 g/mol. The van der Waals surface area contributed by atoms with Crippen LogP contribution in [0.3, 0.4) is 0 Å². The van der Waals surface area contributed by atoms with Crippen LogP contribution in [0.25, 0.3) is 10.9 Å². The van der Waals surface area contributed by atoms with Gasteiger partial charge in [0.15, 0.2) is 5.78 Å². The third-order valence-electron chi connectivity index (χ3n) is 5.74. The van der Waals surface area contributed by atoms with Gasteiger partial charge in [-0.15, -0.1) is 0 Å². The first-order valence-electron chi connectivity index (χ1n) is 9.67. The number of aliphatic hydroxyl groups is 2. The lowest BCUT2D eigenvalue weighted by Crippen LogP contribution is -2.30. The zero-order valence-electron chi connectivity index (χ0n) is 16.7. The van der Waals surface area contributed by atoms with Gasteiger partial charge in [0, 0.05) is 39.2 Å². The maximum atomic E-state index is 13.4. The molecule has 0 saturated carbocycles. The maximum Gasteiger partial charge on any atom is 0.195 e. The van der Waals surface area contributed by atoms with Crippen LogP contribution in [0.4, 0.5) is 0 Å². The molecule has 1 heterocycles. The summed E-state index contributed by atoms with van der Waals surface area (Å²) in [6.45, 7) is 6.07. The van der Waals surface area contributed by atoms with Gasteiger partial charge in [0.05, 0.1) is 11.7 Å². The number of carbonyl (C=O) groups is 1. The van der Waals surface area contributed by atoms with E-state index in [4.69, 9.17) is 21.4 Å². The average Bonchev–Trinajstić information content (AvgIpc) is 3.05. The van der Waals surface area contributed by atoms with Crippen LogP contribution in [-0.4, -0.2) is 40.3 Å². The number of hydrogen-bond acceptors (Lipinski definition) is 4. The van der Waals surface area contributed by atoms with Gasteiger partial charge in [-0.3, -0.25) is 4.79 Å². The summed E-state index contributed by atoms with van der Waals surface area (Å²) in [5.41, 5.74) is 4.43. The van der Waals surface area contributed by atoms with E-state index in [-0.39, 0.29) is 25.4 Å². The van der Waals surface area contributed by atoms with Crippen LogP contribution in [0.2, 0.25) is 5.02 Å². The Morgan fingerprint density at radius 2 is 2.00 bits per heavy atom. The predicted octanol–water partition coefficient (Wildman–Crippen LogP) is 4.12. The molecule has 2 aromatic carbocycles. The van der Waals surface area contributed by atoms with Crippen molar-refractivity contribution in [3.63, 3.8) is 0 Å². The van der Waals surface area contributed by atoms with E-state index in [0.29, 0.717) is 21.9 Å². The van der Waals surface area contributed by atoms with E-state index in [1.807, 2.05) is 25.1 Å². The molecule has 0 saturated heterocycles. The second-order valence-electron chi connectivity index (χ2n) is 8.16. The normalized spacial score (nSPS) is 15.9. The Balaban J connectivity index is 1.79. The van der Waals surface area contributed by atoms with E-state index in [1.165, 1.54) is 0 Å². The topological polar surface area (TPSA) is 82.6 Å². The second kappa shape index (κ2) is 7.17. The zero-order chi connectivity index (χ0) is 20.9. The summed E-state index contributed by atoms with van der Waals surface area (Å²) < 4.78 is 5.69. The highest BCUT2D eigenvalue weighted by Crippen LogP contribution is 2.45. The number of hydrogen-bond donors (Lipinski definition) is 3. The summed E-state index contributed by atoms with van der Waals surface area (Å²) in [4.78, 5) is 16.8. The summed E-state index contributed by atoms with van der Waals surface area (Å²) in [5, 5.41) is 20.3. The molecule has 1 aliphatic rings. The number of ether oxygens (including phenoxy) is 1. The van der Waals surface area contributed by atoms with Crippen LogP contribution in [0.1, 0.15) is 53.0 Å². The highest BCUT2D eigenvalue weighted by Gasteiger charge is 2.40. The molecule has 3 N–H and O–H groups in total. The summed E-state index contributed by atoms with van der Waals surface area (Å²) in [7, 11) is 0. The number of rotatable bonds is 5. The molecule has 0 radical (unpaired) electrons. The SMILES string of the molecule is Cc1cc2c3c([nH]c2cc1Cl)C(C)(C)c1cc(OCC(O)CCO)ccc1C3=O. The van der Waals surface area contributed by atoms with Gasteiger partial charge in [-0.1, -0.05) is 25.4 Å². The van der Waals surface area contributed by atoms with Crippen LogP contribution in [0.15, 0.2) is 30.3 Å². The molecule has 0 fully saturated rings. The first-order valence-corrected chi connectivity index (χ1v) is 10.0. The number of fused-ring (bicyclic) bond motifs is 4. The molecule has 0 aliphatic heterocycles. The van der Waals surface area contributed by atoms with Gasteiger partial charge >= 0.3 is 0 Å². The summed E-state index contributed by atoms with van der Waals surface area (Å²) >= 11 is 6.29. The molecule has 0 amide bonds. The summed E-state index contributed by atoms with van der Waals surface area (Å²) in [6.07, 6.45) is -0.478. The van der Waals surface area contributed by atoms with E-state index in [2.05, 4.69) is 18.8 Å². The quantitative estimate of drug-likeness (QED) is 0.587. The molecule has 1 aliphatic carbocycles. The number of aromatic amines is 1. The number of aliphatic hydroxyl groups excluding tert-OH is 2. The Bertz CT molecular complexity index is 1120. The Labute approximate surface area is 174 Å². The molecule has 152 valence electrons. The second-order valence-corrected chi connectivity index (χ2v) is 8.57. The molecular formula is C23H24ClNO4. The van der Waals surface area contributed by atoms with Crippen LogP contribution in [0.5, 0.6) is 5.75 Å². The number of H-pyrrole nitrogens is 1. The minimum Gasteiger partial charge on any atom is -0.491 e. The van der Waals surface area contributed by atoms with Crippen molar-refractivity contribution in [2.24, 2.45) is 0 Å². The van der Waals surface area contributed by atoms with Gasteiger partial charge in [0.25, 0.3) is 0 Å². The molecule has 5 nitrogen and oxygen atoms in total. The molecule has 29 heavy (non-hydrogen) atoms. The van der Waals surface area contributed by atoms with Gasteiger partial charge in [-0.05, 0) is 54.8 Å². The molecule has 1 atom stereocenters. The fourth-order valence-corrected chi connectivity index (χ4v) is 4.21. The monoisotopic (exact) mass is 413 g/mol. The van der Waals surface area contributed by atoms with Gasteiger partial charge in [-0.25, -0.2) is 0 Å². The first kappa shape index (κ1) is 20.0. The molecule has 1 unspecified atom stereocenters. The van der Waals surface area contributed by atoms with Crippen molar-refractivity contribution in [3.05, 3.63) is 63.3 Å². The van der Waals surface area contributed by atoms with Crippen LogP contribution in [0, 0.1) is 6.92 Å². The third kappa shape index (κ3) is 3.23.